The minimum absolute atomic E-state index is 0.0303. The van der Waals surface area contributed by atoms with Crippen LogP contribution in [0.4, 0.5) is 0 Å². The molecule has 1 fully saturated rings. The Bertz CT molecular complexity index is 1100. The Morgan fingerprint density at radius 2 is 1.90 bits per heavy atom. The molecule has 4 rings (SSSR count). The molecule has 2 aromatic heterocycles. The van der Waals surface area contributed by atoms with Gasteiger partial charge in [-0.3, -0.25) is 9.59 Å². The average Bonchev–Trinajstić information content (AvgIpc) is 3.42. The number of Topliss-reactive ketones (excluding diaryl/α,β-unsaturated/α-hetero) is 2. The van der Waals surface area contributed by atoms with Crippen LogP contribution in [0.25, 0.3) is 0 Å². The molecule has 0 amide bonds. The first-order valence-corrected chi connectivity index (χ1v) is 11.1. The molecule has 1 saturated carbocycles. The van der Waals surface area contributed by atoms with Crippen LogP contribution >= 0.6 is 11.8 Å². The lowest BCUT2D eigenvalue weighted by Crippen LogP contribution is -2.17. The fourth-order valence-corrected chi connectivity index (χ4v) is 4.80. The maximum Gasteiger partial charge on any atom is 0.192 e. The molecule has 1 aromatic carbocycles. The summed E-state index contributed by atoms with van der Waals surface area (Å²) in [6.07, 6.45) is 2.28. The first-order chi connectivity index (χ1) is 14.4. The zero-order valence-electron chi connectivity index (χ0n) is 17.7. The second-order valence-electron chi connectivity index (χ2n) is 7.99. The number of nitrogens with one attached hydrogen (secondary N) is 1. The van der Waals surface area contributed by atoms with Crippen molar-refractivity contribution >= 4 is 23.3 Å². The van der Waals surface area contributed by atoms with Crippen molar-refractivity contribution in [3.63, 3.8) is 0 Å². The van der Waals surface area contributed by atoms with Gasteiger partial charge in [-0.2, -0.15) is 0 Å². The van der Waals surface area contributed by atoms with E-state index in [0.29, 0.717) is 23.7 Å². The number of aromatic nitrogens is 4. The highest BCUT2D eigenvalue weighted by Crippen LogP contribution is 2.40. The number of aromatic amines is 1. The summed E-state index contributed by atoms with van der Waals surface area (Å²) < 4.78 is 2.15. The average molecular weight is 423 g/mol. The number of carbonyl (C=O) groups is 2. The van der Waals surface area contributed by atoms with Gasteiger partial charge in [-0.05, 0) is 51.7 Å². The summed E-state index contributed by atoms with van der Waals surface area (Å²) in [5, 5.41) is 9.27. The Hall–Kier alpha value is -2.67. The molecule has 0 unspecified atom stereocenters. The maximum atomic E-state index is 13.2. The van der Waals surface area contributed by atoms with Gasteiger partial charge in [0.05, 0.1) is 17.5 Å². The summed E-state index contributed by atoms with van der Waals surface area (Å²) in [6.45, 7) is 7.76. The first-order valence-electron chi connectivity index (χ1n) is 10.2. The predicted octanol–water partition coefficient (Wildman–Crippen LogP) is 4.71. The molecule has 0 radical (unpaired) electrons. The van der Waals surface area contributed by atoms with Gasteiger partial charge >= 0.3 is 0 Å². The van der Waals surface area contributed by atoms with Crippen LogP contribution in [0.3, 0.4) is 0 Å². The summed E-state index contributed by atoms with van der Waals surface area (Å²) in [6, 6.07) is 10.2. The number of H-pyrrole nitrogens is 1. The van der Waals surface area contributed by atoms with Crippen molar-refractivity contribution in [2.45, 2.75) is 63.4 Å². The SMILES string of the molecule is CC(=O)c1c(C)[nH]c(C(=O)[C@@H](C)Sc2nnc(C3CC3)n2Cc2ccccc2)c1C. The normalized spacial score (nSPS) is 14.7. The molecule has 7 heteroatoms. The van der Waals surface area contributed by atoms with Crippen LogP contribution in [-0.2, 0) is 6.54 Å². The van der Waals surface area contributed by atoms with E-state index >= 15 is 0 Å². The van der Waals surface area contributed by atoms with Crippen molar-refractivity contribution in [1.29, 1.82) is 0 Å². The molecular formula is C23H26N4O2S. The van der Waals surface area contributed by atoms with E-state index in [4.69, 9.17) is 0 Å². The maximum absolute atomic E-state index is 13.2. The number of nitrogens with zero attached hydrogens (tertiary/aromatic N) is 3. The summed E-state index contributed by atoms with van der Waals surface area (Å²) in [5.74, 6) is 1.41. The number of benzene rings is 1. The number of carbonyl (C=O) groups excluding carboxylic acids is 2. The van der Waals surface area contributed by atoms with Crippen molar-refractivity contribution < 1.29 is 9.59 Å². The molecule has 156 valence electrons. The second-order valence-corrected chi connectivity index (χ2v) is 9.30. The minimum Gasteiger partial charge on any atom is -0.355 e. The predicted molar refractivity (Wildman–Crippen MR) is 117 cm³/mol. The van der Waals surface area contributed by atoms with Crippen LogP contribution in [-0.4, -0.2) is 36.6 Å². The van der Waals surface area contributed by atoms with Crippen molar-refractivity contribution in [2.75, 3.05) is 0 Å². The second kappa shape index (κ2) is 8.22. The van der Waals surface area contributed by atoms with Gasteiger partial charge in [-0.25, -0.2) is 0 Å². The van der Waals surface area contributed by atoms with Crippen molar-refractivity contribution in [3.8, 4) is 0 Å². The molecule has 1 N–H and O–H groups in total. The monoisotopic (exact) mass is 422 g/mol. The molecule has 0 bridgehead atoms. The topological polar surface area (TPSA) is 80.6 Å². The lowest BCUT2D eigenvalue weighted by molar-refractivity contribution is 0.0988. The van der Waals surface area contributed by atoms with E-state index in [-0.39, 0.29) is 16.8 Å². The zero-order chi connectivity index (χ0) is 21.4. The third-order valence-electron chi connectivity index (χ3n) is 5.56. The number of aryl methyl sites for hydroxylation is 1. The Balaban J connectivity index is 1.59. The third-order valence-corrected chi connectivity index (χ3v) is 6.64. The zero-order valence-corrected chi connectivity index (χ0v) is 18.5. The molecular weight excluding hydrogens is 396 g/mol. The molecule has 30 heavy (non-hydrogen) atoms. The van der Waals surface area contributed by atoms with Gasteiger partial charge in [0, 0.05) is 17.2 Å². The van der Waals surface area contributed by atoms with Gasteiger partial charge < -0.3 is 9.55 Å². The van der Waals surface area contributed by atoms with Crippen molar-refractivity contribution in [2.24, 2.45) is 0 Å². The Morgan fingerprint density at radius 3 is 2.50 bits per heavy atom. The number of hydrogen-bond donors (Lipinski definition) is 1. The highest BCUT2D eigenvalue weighted by molar-refractivity contribution is 8.00. The van der Waals surface area contributed by atoms with Crippen molar-refractivity contribution in [3.05, 3.63) is 64.2 Å². The Kier molecular flexibility index (Phi) is 5.64. The van der Waals surface area contributed by atoms with E-state index in [9.17, 15) is 9.59 Å². The Labute approximate surface area is 180 Å². The van der Waals surface area contributed by atoms with E-state index in [1.807, 2.05) is 39.0 Å². The van der Waals surface area contributed by atoms with Gasteiger partial charge in [0.25, 0.3) is 0 Å². The summed E-state index contributed by atoms with van der Waals surface area (Å²) in [5.41, 5.74) is 3.76. The summed E-state index contributed by atoms with van der Waals surface area (Å²) >= 11 is 1.43. The van der Waals surface area contributed by atoms with Gasteiger partial charge in [0.1, 0.15) is 5.82 Å². The van der Waals surface area contributed by atoms with Crippen LogP contribution < -0.4 is 0 Å². The number of thioether (sulfide) groups is 1. The van der Waals surface area contributed by atoms with Crippen LogP contribution in [0.2, 0.25) is 0 Å². The number of ketones is 2. The van der Waals surface area contributed by atoms with Crippen LogP contribution in [0.5, 0.6) is 0 Å². The van der Waals surface area contributed by atoms with E-state index in [1.165, 1.54) is 24.2 Å². The number of rotatable bonds is 8. The standard InChI is InChI=1S/C23H26N4O2S/c1-13-19(15(3)28)14(2)24-20(13)21(29)16(4)30-23-26-25-22(18-10-11-18)27(23)12-17-8-6-5-7-9-17/h5-9,16,18,24H,10-12H2,1-4H3/t16-/m1/s1. The largest absolute Gasteiger partial charge is 0.355 e. The van der Waals surface area contributed by atoms with E-state index in [1.54, 1.807) is 0 Å². The van der Waals surface area contributed by atoms with Crippen LogP contribution in [0, 0.1) is 13.8 Å². The smallest absolute Gasteiger partial charge is 0.192 e. The lowest BCUT2D eigenvalue weighted by Gasteiger charge is -2.13. The fraction of sp³-hybridized carbons (Fsp3) is 0.391. The molecule has 6 nitrogen and oxygen atoms in total. The van der Waals surface area contributed by atoms with E-state index < -0.39 is 0 Å². The molecule has 1 aliphatic carbocycles. The lowest BCUT2D eigenvalue weighted by atomic mass is 10.0. The van der Waals surface area contributed by atoms with Gasteiger partial charge in [0.15, 0.2) is 16.7 Å². The van der Waals surface area contributed by atoms with Gasteiger partial charge in [-0.1, -0.05) is 42.1 Å². The molecule has 2 heterocycles. The van der Waals surface area contributed by atoms with Crippen LogP contribution in [0.1, 0.15) is 76.1 Å². The van der Waals surface area contributed by atoms with Crippen LogP contribution in [0.15, 0.2) is 35.5 Å². The highest BCUT2D eigenvalue weighted by Gasteiger charge is 2.32. The molecule has 0 spiro atoms. The van der Waals surface area contributed by atoms with Gasteiger partial charge in [0.2, 0.25) is 0 Å². The quantitative estimate of drug-likeness (QED) is 0.420. The summed E-state index contributed by atoms with van der Waals surface area (Å²) in [7, 11) is 0. The molecule has 1 atom stereocenters. The van der Waals surface area contributed by atoms with E-state index in [2.05, 4.69) is 31.9 Å². The molecule has 0 saturated heterocycles. The minimum atomic E-state index is -0.354. The van der Waals surface area contributed by atoms with E-state index in [0.717, 1.165) is 35.1 Å². The molecule has 0 aliphatic heterocycles. The highest BCUT2D eigenvalue weighted by atomic mass is 32.2. The first kappa shape index (κ1) is 20.6. The van der Waals surface area contributed by atoms with Gasteiger partial charge in [-0.15, -0.1) is 10.2 Å². The summed E-state index contributed by atoms with van der Waals surface area (Å²) in [4.78, 5) is 28.2. The Morgan fingerprint density at radius 1 is 1.20 bits per heavy atom. The fourth-order valence-electron chi connectivity index (χ4n) is 3.88. The molecule has 1 aliphatic rings. The third kappa shape index (κ3) is 3.99. The van der Waals surface area contributed by atoms with Crippen molar-refractivity contribution in [1.82, 2.24) is 19.7 Å². The number of hydrogen-bond acceptors (Lipinski definition) is 5. The molecule has 3 aromatic rings.